The fraction of sp³-hybridized carbons (Fsp3) is 0.538. The molecule has 0 aliphatic carbocycles. The van der Waals surface area contributed by atoms with Gasteiger partial charge in [-0.15, -0.1) is 0 Å². The molecule has 1 N–H and O–H groups in total. The summed E-state index contributed by atoms with van der Waals surface area (Å²) in [5.41, 5.74) is 1.26. The molecule has 104 valence electrons. The maximum Gasteiger partial charge on any atom is 0.257 e. The molecular formula is C13H18ClN3O2. The lowest BCUT2D eigenvalue weighted by Crippen LogP contribution is -2.49. The van der Waals surface area contributed by atoms with Crippen LogP contribution in [0.3, 0.4) is 0 Å². The second-order valence-electron chi connectivity index (χ2n) is 4.66. The van der Waals surface area contributed by atoms with Crippen LogP contribution in [0.15, 0.2) is 12.3 Å². The zero-order chi connectivity index (χ0) is 13.8. The minimum atomic E-state index is -0.0684. The van der Waals surface area contributed by atoms with Crippen LogP contribution in [0.25, 0.3) is 0 Å². The minimum absolute atomic E-state index is 0.0684. The van der Waals surface area contributed by atoms with Crippen molar-refractivity contribution in [3.8, 4) is 0 Å². The second-order valence-corrected chi connectivity index (χ2v) is 5.07. The molecule has 0 atom stereocenters. The summed E-state index contributed by atoms with van der Waals surface area (Å²) in [6.07, 6.45) is 1.54. The van der Waals surface area contributed by atoms with Crippen LogP contribution in [-0.4, -0.2) is 65.1 Å². The first-order valence-corrected chi connectivity index (χ1v) is 6.74. The number of aliphatic hydroxyl groups is 1. The SMILES string of the molecule is Cc1cc(Cl)c(C(=O)N2CCN(CCO)CC2)cn1. The summed E-state index contributed by atoms with van der Waals surface area (Å²) in [7, 11) is 0. The number of β-amino-alcohol motifs (C(OH)–C–C–N with tert-alkyl or cyclic N) is 1. The number of aromatic nitrogens is 1. The maximum absolute atomic E-state index is 12.3. The van der Waals surface area contributed by atoms with Crippen LogP contribution in [0.2, 0.25) is 5.02 Å². The van der Waals surface area contributed by atoms with Gasteiger partial charge in [-0.05, 0) is 13.0 Å². The van der Waals surface area contributed by atoms with E-state index in [1.807, 2.05) is 6.92 Å². The number of rotatable bonds is 3. The highest BCUT2D eigenvalue weighted by molar-refractivity contribution is 6.33. The molecule has 2 heterocycles. The van der Waals surface area contributed by atoms with Crippen LogP contribution >= 0.6 is 11.6 Å². The van der Waals surface area contributed by atoms with Crippen molar-refractivity contribution >= 4 is 17.5 Å². The molecule has 0 bridgehead atoms. The van der Waals surface area contributed by atoms with Gasteiger partial charge < -0.3 is 10.0 Å². The summed E-state index contributed by atoms with van der Waals surface area (Å²) in [6, 6.07) is 1.71. The van der Waals surface area contributed by atoms with Crippen molar-refractivity contribution < 1.29 is 9.90 Å². The number of piperazine rings is 1. The molecule has 2 rings (SSSR count). The normalized spacial score (nSPS) is 16.7. The Morgan fingerprint density at radius 3 is 2.68 bits per heavy atom. The van der Waals surface area contributed by atoms with E-state index in [1.165, 1.54) is 0 Å². The van der Waals surface area contributed by atoms with E-state index in [4.69, 9.17) is 16.7 Å². The Kier molecular flexibility index (Phi) is 4.74. The summed E-state index contributed by atoms with van der Waals surface area (Å²) in [6.45, 7) is 5.53. The predicted octanol–water partition coefficient (Wildman–Crippen LogP) is 0.794. The number of hydrogen-bond acceptors (Lipinski definition) is 4. The zero-order valence-electron chi connectivity index (χ0n) is 11.0. The van der Waals surface area contributed by atoms with Gasteiger partial charge in [0.2, 0.25) is 0 Å². The number of carbonyl (C=O) groups is 1. The Morgan fingerprint density at radius 1 is 1.42 bits per heavy atom. The molecular weight excluding hydrogens is 266 g/mol. The first-order chi connectivity index (χ1) is 9.11. The van der Waals surface area contributed by atoms with Gasteiger partial charge in [0.15, 0.2) is 0 Å². The third kappa shape index (κ3) is 3.43. The molecule has 0 radical (unpaired) electrons. The molecule has 1 aromatic heterocycles. The van der Waals surface area contributed by atoms with Crippen LogP contribution < -0.4 is 0 Å². The van der Waals surface area contributed by atoms with Gasteiger partial charge in [-0.1, -0.05) is 11.6 Å². The van der Waals surface area contributed by atoms with Crippen molar-refractivity contribution in [3.05, 3.63) is 28.5 Å². The summed E-state index contributed by atoms with van der Waals surface area (Å²) in [5, 5.41) is 9.34. The monoisotopic (exact) mass is 283 g/mol. The van der Waals surface area contributed by atoms with E-state index in [9.17, 15) is 4.79 Å². The third-order valence-electron chi connectivity index (χ3n) is 3.30. The van der Waals surface area contributed by atoms with Crippen molar-refractivity contribution in [1.82, 2.24) is 14.8 Å². The number of aryl methyl sites for hydroxylation is 1. The zero-order valence-corrected chi connectivity index (χ0v) is 11.7. The van der Waals surface area contributed by atoms with Crippen LogP contribution in [-0.2, 0) is 0 Å². The average molecular weight is 284 g/mol. The van der Waals surface area contributed by atoms with Crippen LogP contribution in [0.1, 0.15) is 16.1 Å². The van der Waals surface area contributed by atoms with Crippen LogP contribution in [0, 0.1) is 6.92 Å². The molecule has 1 aliphatic heterocycles. The number of hydrogen-bond donors (Lipinski definition) is 1. The molecule has 1 amide bonds. The Morgan fingerprint density at radius 2 is 2.11 bits per heavy atom. The van der Waals surface area contributed by atoms with Gasteiger partial charge in [-0.2, -0.15) is 0 Å². The predicted molar refractivity (Wildman–Crippen MR) is 73.4 cm³/mol. The minimum Gasteiger partial charge on any atom is -0.395 e. The number of amides is 1. The Labute approximate surface area is 117 Å². The van der Waals surface area contributed by atoms with E-state index in [0.717, 1.165) is 18.8 Å². The van der Waals surface area contributed by atoms with E-state index in [1.54, 1.807) is 17.2 Å². The van der Waals surface area contributed by atoms with E-state index in [2.05, 4.69) is 9.88 Å². The fourth-order valence-corrected chi connectivity index (χ4v) is 2.46. The highest BCUT2D eigenvalue weighted by atomic mass is 35.5. The molecule has 5 nitrogen and oxygen atoms in total. The van der Waals surface area contributed by atoms with E-state index < -0.39 is 0 Å². The quantitative estimate of drug-likeness (QED) is 0.891. The van der Waals surface area contributed by atoms with Crippen LogP contribution in [0.4, 0.5) is 0 Å². The number of nitrogens with zero attached hydrogens (tertiary/aromatic N) is 3. The standard InChI is InChI=1S/C13H18ClN3O2/c1-10-8-12(14)11(9-15-10)13(19)17-4-2-16(3-5-17)6-7-18/h8-9,18H,2-7H2,1H3. The Balaban J connectivity index is 2.01. The van der Waals surface area contributed by atoms with Gasteiger partial charge >= 0.3 is 0 Å². The Hall–Kier alpha value is -1.17. The third-order valence-corrected chi connectivity index (χ3v) is 3.61. The van der Waals surface area contributed by atoms with Crippen molar-refractivity contribution in [2.45, 2.75) is 6.92 Å². The second kappa shape index (κ2) is 6.32. The molecule has 0 saturated carbocycles. The van der Waals surface area contributed by atoms with Gasteiger partial charge in [0.05, 0.1) is 17.2 Å². The lowest BCUT2D eigenvalue weighted by Gasteiger charge is -2.34. The summed E-state index contributed by atoms with van der Waals surface area (Å²) < 4.78 is 0. The van der Waals surface area contributed by atoms with Gasteiger partial charge in [0, 0.05) is 44.6 Å². The molecule has 1 fully saturated rings. The topological polar surface area (TPSA) is 56.7 Å². The molecule has 1 aromatic rings. The fourth-order valence-electron chi connectivity index (χ4n) is 2.17. The lowest BCUT2D eigenvalue weighted by atomic mass is 10.2. The van der Waals surface area contributed by atoms with Crippen molar-refractivity contribution in [3.63, 3.8) is 0 Å². The number of carbonyl (C=O) groups excluding carboxylic acids is 1. The lowest BCUT2D eigenvalue weighted by molar-refractivity contribution is 0.0615. The van der Waals surface area contributed by atoms with Gasteiger partial charge in [-0.25, -0.2) is 0 Å². The highest BCUT2D eigenvalue weighted by Gasteiger charge is 2.23. The first-order valence-electron chi connectivity index (χ1n) is 6.36. The Bertz CT molecular complexity index is 459. The molecule has 1 saturated heterocycles. The average Bonchev–Trinajstić information content (AvgIpc) is 2.39. The molecule has 0 spiro atoms. The van der Waals surface area contributed by atoms with Crippen molar-refractivity contribution in [2.75, 3.05) is 39.3 Å². The molecule has 6 heteroatoms. The van der Waals surface area contributed by atoms with E-state index in [0.29, 0.717) is 30.2 Å². The summed E-state index contributed by atoms with van der Waals surface area (Å²) in [5.74, 6) is -0.0684. The number of pyridine rings is 1. The first kappa shape index (κ1) is 14.2. The molecule has 0 aromatic carbocycles. The maximum atomic E-state index is 12.3. The van der Waals surface area contributed by atoms with Crippen LogP contribution in [0.5, 0.6) is 0 Å². The molecule has 1 aliphatic rings. The van der Waals surface area contributed by atoms with E-state index >= 15 is 0 Å². The van der Waals surface area contributed by atoms with E-state index in [-0.39, 0.29) is 12.5 Å². The summed E-state index contributed by atoms with van der Waals surface area (Å²) in [4.78, 5) is 20.4. The van der Waals surface area contributed by atoms with Crippen molar-refractivity contribution in [1.29, 1.82) is 0 Å². The van der Waals surface area contributed by atoms with Gasteiger partial charge in [0.25, 0.3) is 5.91 Å². The van der Waals surface area contributed by atoms with Gasteiger partial charge in [-0.3, -0.25) is 14.7 Å². The number of aliphatic hydroxyl groups excluding tert-OH is 1. The number of halogens is 1. The smallest absolute Gasteiger partial charge is 0.257 e. The largest absolute Gasteiger partial charge is 0.395 e. The van der Waals surface area contributed by atoms with Gasteiger partial charge in [0.1, 0.15) is 0 Å². The summed E-state index contributed by atoms with van der Waals surface area (Å²) >= 11 is 6.09. The highest BCUT2D eigenvalue weighted by Crippen LogP contribution is 2.18. The van der Waals surface area contributed by atoms with Crippen molar-refractivity contribution in [2.24, 2.45) is 0 Å². The molecule has 19 heavy (non-hydrogen) atoms. The molecule has 0 unspecified atom stereocenters.